The first-order chi connectivity index (χ1) is 13.0. The lowest BCUT2D eigenvalue weighted by molar-refractivity contribution is -0.115. The molecule has 0 unspecified atom stereocenters. The number of ether oxygens (including phenoxy) is 3. The van der Waals surface area contributed by atoms with Crippen molar-refractivity contribution in [2.45, 2.75) is 6.54 Å². The van der Waals surface area contributed by atoms with Gasteiger partial charge in [0.25, 0.3) is 0 Å². The summed E-state index contributed by atoms with van der Waals surface area (Å²) in [5, 5.41) is 6.04. The van der Waals surface area contributed by atoms with E-state index in [-0.39, 0.29) is 12.5 Å². The van der Waals surface area contributed by atoms with Gasteiger partial charge in [-0.05, 0) is 35.9 Å². The van der Waals surface area contributed by atoms with Crippen molar-refractivity contribution in [3.05, 3.63) is 52.5 Å². The molecule has 0 bridgehead atoms. The Balaban J connectivity index is 1.92. The summed E-state index contributed by atoms with van der Waals surface area (Å²) >= 11 is 6.07. The topological polar surface area (TPSA) is 85.9 Å². The fourth-order valence-corrected chi connectivity index (χ4v) is 2.54. The Morgan fingerprint density at radius 1 is 1.00 bits per heavy atom. The SMILES string of the molecule is COC(=O)c1ccc(Cl)c(NC(=O)CNCc2ccc(OC)c(OC)c2)c1. The van der Waals surface area contributed by atoms with E-state index in [1.54, 1.807) is 20.3 Å². The van der Waals surface area contributed by atoms with Crippen LogP contribution in [0.25, 0.3) is 0 Å². The number of hydrogen-bond acceptors (Lipinski definition) is 6. The van der Waals surface area contributed by atoms with Crippen LogP contribution in [-0.4, -0.2) is 39.8 Å². The van der Waals surface area contributed by atoms with Crippen LogP contribution in [0.2, 0.25) is 5.02 Å². The molecule has 2 rings (SSSR count). The summed E-state index contributed by atoms with van der Waals surface area (Å²) in [6.45, 7) is 0.525. The van der Waals surface area contributed by atoms with Crippen LogP contribution in [0, 0.1) is 0 Å². The third-order valence-electron chi connectivity index (χ3n) is 3.72. The molecule has 2 aromatic rings. The van der Waals surface area contributed by atoms with Gasteiger partial charge in [-0.3, -0.25) is 4.79 Å². The fourth-order valence-electron chi connectivity index (χ4n) is 2.37. The summed E-state index contributed by atoms with van der Waals surface area (Å²) < 4.78 is 15.1. The Labute approximate surface area is 162 Å². The van der Waals surface area contributed by atoms with E-state index in [1.165, 1.54) is 25.3 Å². The van der Waals surface area contributed by atoms with E-state index >= 15 is 0 Å². The van der Waals surface area contributed by atoms with Gasteiger partial charge in [-0.2, -0.15) is 0 Å². The highest BCUT2D eigenvalue weighted by molar-refractivity contribution is 6.33. The van der Waals surface area contributed by atoms with Crippen LogP contribution in [0.1, 0.15) is 15.9 Å². The number of carbonyl (C=O) groups is 2. The molecule has 0 saturated carbocycles. The average Bonchev–Trinajstić information content (AvgIpc) is 2.68. The van der Waals surface area contributed by atoms with Gasteiger partial charge < -0.3 is 24.8 Å². The van der Waals surface area contributed by atoms with Crippen LogP contribution in [0.15, 0.2) is 36.4 Å². The second-order valence-electron chi connectivity index (χ2n) is 5.53. The van der Waals surface area contributed by atoms with Crippen molar-refractivity contribution < 1.29 is 23.8 Å². The minimum Gasteiger partial charge on any atom is -0.493 e. The zero-order valence-corrected chi connectivity index (χ0v) is 16.1. The van der Waals surface area contributed by atoms with Crippen LogP contribution < -0.4 is 20.1 Å². The largest absolute Gasteiger partial charge is 0.493 e. The summed E-state index contributed by atoms with van der Waals surface area (Å²) in [4.78, 5) is 23.7. The van der Waals surface area contributed by atoms with Crippen molar-refractivity contribution in [2.24, 2.45) is 0 Å². The molecule has 2 aromatic carbocycles. The van der Waals surface area contributed by atoms with Crippen LogP contribution in [-0.2, 0) is 16.1 Å². The molecule has 0 spiro atoms. The lowest BCUT2D eigenvalue weighted by Crippen LogP contribution is -2.28. The van der Waals surface area contributed by atoms with E-state index in [2.05, 4.69) is 15.4 Å². The second kappa shape index (κ2) is 9.80. The van der Waals surface area contributed by atoms with E-state index in [1.807, 2.05) is 12.1 Å². The van der Waals surface area contributed by atoms with Crippen LogP contribution in [0.3, 0.4) is 0 Å². The normalized spacial score (nSPS) is 10.2. The summed E-state index contributed by atoms with van der Waals surface area (Å²) in [5.74, 6) is 0.458. The highest BCUT2D eigenvalue weighted by Gasteiger charge is 2.11. The molecule has 0 aliphatic heterocycles. The second-order valence-corrected chi connectivity index (χ2v) is 5.93. The monoisotopic (exact) mass is 392 g/mol. The molecule has 7 nitrogen and oxygen atoms in total. The van der Waals surface area contributed by atoms with Crippen molar-refractivity contribution in [2.75, 3.05) is 33.2 Å². The van der Waals surface area contributed by atoms with E-state index in [0.717, 1.165) is 5.56 Å². The minimum atomic E-state index is -0.506. The first-order valence-electron chi connectivity index (χ1n) is 8.07. The number of rotatable bonds is 8. The van der Waals surface area contributed by atoms with Crippen molar-refractivity contribution >= 4 is 29.2 Å². The summed E-state index contributed by atoms with van der Waals surface area (Å²) in [6.07, 6.45) is 0. The van der Waals surface area contributed by atoms with Gasteiger partial charge in [-0.25, -0.2) is 4.79 Å². The Kier molecular flexibility index (Phi) is 7.45. The standard InChI is InChI=1S/C19H21ClN2O5/c1-25-16-7-4-12(8-17(16)26-2)10-21-11-18(23)22-15-9-13(19(24)27-3)5-6-14(15)20/h4-9,21H,10-11H2,1-3H3,(H,22,23). The van der Waals surface area contributed by atoms with E-state index < -0.39 is 5.97 Å². The number of methoxy groups -OCH3 is 3. The zero-order valence-electron chi connectivity index (χ0n) is 15.3. The zero-order chi connectivity index (χ0) is 19.8. The third kappa shape index (κ3) is 5.60. The Morgan fingerprint density at radius 3 is 2.41 bits per heavy atom. The Bertz CT molecular complexity index is 826. The van der Waals surface area contributed by atoms with E-state index in [4.69, 9.17) is 21.1 Å². The van der Waals surface area contributed by atoms with Gasteiger partial charge in [0.05, 0.1) is 44.1 Å². The third-order valence-corrected chi connectivity index (χ3v) is 4.05. The smallest absolute Gasteiger partial charge is 0.337 e. The van der Waals surface area contributed by atoms with Crippen LogP contribution in [0.5, 0.6) is 11.5 Å². The number of hydrogen-bond donors (Lipinski definition) is 2. The molecule has 0 aliphatic rings. The summed E-state index contributed by atoms with van der Waals surface area (Å²) in [6, 6.07) is 10.0. The maximum Gasteiger partial charge on any atom is 0.337 e. The van der Waals surface area contributed by atoms with Gasteiger partial charge in [0.2, 0.25) is 5.91 Å². The Hall–Kier alpha value is -2.77. The van der Waals surface area contributed by atoms with Gasteiger partial charge in [0.15, 0.2) is 11.5 Å². The number of halogens is 1. The average molecular weight is 393 g/mol. The van der Waals surface area contributed by atoms with Crippen molar-refractivity contribution in [3.8, 4) is 11.5 Å². The Morgan fingerprint density at radius 2 is 1.74 bits per heavy atom. The predicted molar refractivity (Wildman–Crippen MR) is 103 cm³/mol. The number of nitrogens with one attached hydrogen (secondary N) is 2. The molecule has 0 saturated heterocycles. The van der Waals surface area contributed by atoms with Crippen LogP contribution >= 0.6 is 11.6 Å². The maximum atomic E-state index is 12.1. The van der Waals surface area contributed by atoms with Gasteiger partial charge in [-0.15, -0.1) is 0 Å². The molecule has 2 N–H and O–H groups in total. The molecule has 0 heterocycles. The van der Waals surface area contributed by atoms with E-state index in [0.29, 0.717) is 34.3 Å². The van der Waals surface area contributed by atoms with E-state index in [9.17, 15) is 9.59 Å². The molecule has 0 aliphatic carbocycles. The van der Waals surface area contributed by atoms with Crippen molar-refractivity contribution in [1.82, 2.24) is 5.32 Å². The summed E-state index contributed by atoms with van der Waals surface area (Å²) in [7, 11) is 4.42. The van der Waals surface area contributed by atoms with Gasteiger partial charge in [0.1, 0.15) is 0 Å². The molecular weight excluding hydrogens is 372 g/mol. The van der Waals surface area contributed by atoms with Crippen molar-refractivity contribution in [1.29, 1.82) is 0 Å². The molecule has 27 heavy (non-hydrogen) atoms. The number of anilines is 1. The number of benzene rings is 2. The van der Waals surface area contributed by atoms with Crippen LogP contribution in [0.4, 0.5) is 5.69 Å². The lowest BCUT2D eigenvalue weighted by Gasteiger charge is -2.11. The number of carbonyl (C=O) groups excluding carboxylic acids is 2. The van der Waals surface area contributed by atoms with Gasteiger partial charge >= 0.3 is 5.97 Å². The maximum absolute atomic E-state index is 12.1. The highest BCUT2D eigenvalue weighted by Crippen LogP contribution is 2.27. The molecule has 144 valence electrons. The minimum absolute atomic E-state index is 0.0626. The molecule has 1 amide bonds. The van der Waals surface area contributed by atoms with Gasteiger partial charge in [0, 0.05) is 6.54 Å². The fraction of sp³-hybridized carbons (Fsp3) is 0.263. The molecule has 0 fully saturated rings. The molecule has 8 heteroatoms. The van der Waals surface area contributed by atoms with Crippen molar-refractivity contribution in [3.63, 3.8) is 0 Å². The lowest BCUT2D eigenvalue weighted by atomic mass is 10.2. The first kappa shape index (κ1) is 20.5. The summed E-state index contributed by atoms with van der Waals surface area (Å²) in [5.41, 5.74) is 1.58. The molecule has 0 atom stereocenters. The number of amides is 1. The first-order valence-corrected chi connectivity index (χ1v) is 8.45. The molecule has 0 aromatic heterocycles. The predicted octanol–water partition coefficient (Wildman–Crippen LogP) is 2.87. The molecule has 0 radical (unpaired) electrons. The number of esters is 1. The highest BCUT2D eigenvalue weighted by atomic mass is 35.5. The quantitative estimate of drug-likeness (QED) is 0.672. The van der Waals surface area contributed by atoms with Gasteiger partial charge in [-0.1, -0.05) is 17.7 Å². The molecular formula is C19H21ClN2O5.